The molecule has 24 heavy (non-hydrogen) atoms. The van der Waals surface area contributed by atoms with E-state index in [4.69, 9.17) is 5.11 Å². The van der Waals surface area contributed by atoms with Crippen molar-refractivity contribution < 1.29 is 5.11 Å². The van der Waals surface area contributed by atoms with E-state index in [0.29, 0.717) is 12.5 Å². The smallest absolute Gasteiger partial charge is 0.0431 e. The van der Waals surface area contributed by atoms with Gasteiger partial charge in [0, 0.05) is 12.5 Å². The second-order valence-corrected chi connectivity index (χ2v) is 7.07. The van der Waals surface area contributed by atoms with Gasteiger partial charge >= 0.3 is 0 Å². The maximum Gasteiger partial charge on any atom is 0.0431 e. The molecule has 0 aliphatic heterocycles. The van der Waals surface area contributed by atoms with Gasteiger partial charge in [-0.1, -0.05) is 93.5 Å². The summed E-state index contributed by atoms with van der Waals surface area (Å²) in [6, 6.07) is 17.9. The quantitative estimate of drug-likeness (QED) is 0.509. The van der Waals surface area contributed by atoms with Crippen LogP contribution in [0.4, 0.5) is 0 Å². The van der Waals surface area contributed by atoms with E-state index >= 15 is 0 Å². The summed E-state index contributed by atoms with van der Waals surface area (Å²) in [6.45, 7) is 0.352. The molecule has 0 bridgehead atoms. The molecule has 1 aliphatic rings. The molecule has 2 aromatic carbocycles. The predicted molar refractivity (Wildman–Crippen MR) is 102 cm³/mol. The fourth-order valence-corrected chi connectivity index (χ4v) is 4.09. The highest BCUT2D eigenvalue weighted by Gasteiger charge is 2.27. The summed E-state index contributed by atoms with van der Waals surface area (Å²) in [7, 11) is 0. The molecule has 0 saturated heterocycles. The summed E-state index contributed by atoms with van der Waals surface area (Å²) in [6.07, 6.45) is 11.4. The molecule has 1 heteroatoms. The highest BCUT2D eigenvalue weighted by Crippen LogP contribution is 2.46. The molecule has 2 aromatic rings. The van der Waals surface area contributed by atoms with Gasteiger partial charge in [-0.15, -0.1) is 0 Å². The van der Waals surface area contributed by atoms with Gasteiger partial charge in [-0.2, -0.15) is 0 Å². The van der Waals surface area contributed by atoms with Crippen LogP contribution in [0.3, 0.4) is 0 Å². The van der Waals surface area contributed by atoms with Gasteiger partial charge < -0.3 is 5.11 Å². The lowest BCUT2D eigenvalue weighted by Crippen LogP contribution is -1.96. The topological polar surface area (TPSA) is 20.2 Å². The van der Waals surface area contributed by atoms with Gasteiger partial charge in [-0.05, 0) is 35.1 Å². The molecule has 0 radical (unpaired) electrons. The normalized spacial score (nSPS) is 13.0. The fourth-order valence-electron chi connectivity index (χ4n) is 4.09. The van der Waals surface area contributed by atoms with Crippen molar-refractivity contribution >= 4 is 0 Å². The number of hydrogen-bond acceptors (Lipinski definition) is 1. The van der Waals surface area contributed by atoms with Crippen LogP contribution in [0.25, 0.3) is 11.1 Å². The van der Waals surface area contributed by atoms with Crippen LogP contribution in [0.2, 0.25) is 0 Å². The molecule has 1 N–H and O–H groups in total. The van der Waals surface area contributed by atoms with Crippen molar-refractivity contribution in [2.75, 3.05) is 6.61 Å². The summed E-state index contributed by atoms with van der Waals surface area (Å²) >= 11 is 0. The Morgan fingerprint density at radius 1 is 0.583 bits per heavy atom. The van der Waals surface area contributed by atoms with Crippen LogP contribution >= 0.6 is 0 Å². The van der Waals surface area contributed by atoms with E-state index in [1.165, 1.54) is 73.6 Å². The van der Waals surface area contributed by atoms with E-state index in [1.807, 2.05) is 0 Å². The number of aliphatic hydroxyl groups excluding tert-OH is 1. The van der Waals surface area contributed by atoms with Crippen molar-refractivity contribution in [1.82, 2.24) is 0 Å². The van der Waals surface area contributed by atoms with E-state index in [9.17, 15) is 0 Å². The second-order valence-electron chi connectivity index (χ2n) is 7.07. The van der Waals surface area contributed by atoms with Gasteiger partial charge in [-0.3, -0.25) is 0 Å². The molecule has 128 valence electrons. The average molecular weight is 322 g/mol. The summed E-state index contributed by atoms with van der Waals surface area (Å²) in [4.78, 5) is 0. The van der Waals surface area contributed by atoms with E-state index in [1.54, 1.807) is 0 Å². The Balaban J connectivity index is 1.46. The van der Waals surface area contributed by atoms with Gasteiger partial charge in [0.15, 0.2) is 0 Å². The fraction of sp³-hybridized carbons (Fsp3) is 0.478. The van der Waals surface area contributed by atoms with Gasteiger partial charge in [0.2, 0.25) is 0 Å². The van der Waals surface area contributed by atoms with Gasteiger partial charge in [0.25, 0.3) is 0 Å². The minimum absolute atomic E-state index is 0.352. The van der Waals surface area contributed by atoms with Gasteiger partial charge in [0.1, 0.15) is 0 Å². The summed E-state index contributed by atoms with van der Waals surface area (Å²) < 4.78 is 0. The average Bonchev–Trinajstić information content (AvgIpc) is 2.95. The highest BCUT2D eigenvalue weighted by atomic mass is 16.2. The molecule has 0 unspecified atom stereocenters. The van der Waals surface area contributed by atoms with Crippen molar-refractivity contribution in [1.29, 1.82) is 0 Å². The van der Waals surface area contributed by atoms with E-state index in [2.05, 4.69) is 48.5 Å². The molecule has 0 spiro atoms. The number of fused-ring (bicyclic) bond motifs is 3. The van der Waals surface area contributed by atoms with Crippen molar-refractivity contribution in [2.45, 2.75) is 63.7 Å². The molecular formula is C23H30O. The predicted octanol–water partition coefficient (Wildman–Crippen LogP) is 6.30. The Labute approximate surface area is 146 Å². The van der Waals surface area contributed by atoms with Crippen molar-refractivity contribution in [3.8, 4) is 11.1 Å². The van der Waals surface area contributed by atoms with Crippen LogP contribution in [0, 0.1) is 0 Å². The maximum atomic E-state index is 8.78. The Kier molecular flexibility index (Phi) is 6.48. The number of benzene rings is 2. The summed E-state index contributed by atoms with van der Waals surface area (Å²) in [5, 5.41) is 8.78. The van der Waals surface area contributed by atoms with E-state index < -0.39 is 0 Å². The monoisotopic (exact) mass is 322 g/mol. The van der Waals surface area contributed by atoms with Crippen LogP contribution in [-0.2, 0) is 0 Å². The van der Waals surface area contributed by atoms with Crippen LogP contribution in [0.5, 0.6) is 0 Å². The number of aliphatic hydroxyl groups is 1. The molecule has 0 aromatic heterocycles. The molecule has 0 amide bonds. The summed E-state index contributed by atoms with van der Waals surface area (Å²) in [5.41, 5.74) is 5.95. The van der Waals surface area contributed by atoms with Crippen LogP contribution in [-0.4, -0.2) is 11.7 Å². The Morgan fingerprint density at radius 3 is 1.58 bits per heavy atom. The highest BCUT2D eigenvalue weighted by molar-refractivity contribution is 5.78. The van der Waals surface area contributed by atoms with Gasteiger partial charge in [0.05, 0.1) is 0 Å². The SMILES string of the molecule is OCCCCCCCCCCC1c2ccccc2-c2ccccc21. The Morgan fingerprint density at radius 2 is 1.04 bits per heavy atom. The lowest BCUT2D eigenvalue weighted by Gasteiger charge is -2.13. The molecule has 0 saturated carbocycles. The molecule has 3 rings (SSSR count). The third kappa shape index (κ3) is 4.08. The Hall–Kier alpha value is -1.60. The largest absolute Gasteiger partial charge is 0.396 e. The number of unbranched alkanes of at least 4 members (excludes halogenated alkanes) is 7. The summed E-state index contributed by atoms with van der Waals surface area (Å²) in [5.74, 6) is 0.599. The zero-order valence-electron chi connectivity index (χ0n) is 14.7. The molecule has 1 aliphatic carbocycles. The lowest BCUT2D eigenvalue weighted by atomic mass is 9.91. The molecule has 1 nitrogen and oxygen atoms in total. The minimum atomic E-state index is 0.352. The number of hydrogen-bond donors (Lipinski definition) is 1. The second kappa shape index (κ2) is 9.03. The number of rotatable bonds is 10. The lowest BCUT2D eigenvalue weighted by molar-refractivity contribution is 0.282. The molecular weight excluding hydrogens is 292 g/mol. The van der Waals surface area contributed by atoms with Crippen LogP contribution in [0.1, 0.15) is 74.8 Å². The van der Waals surface area contributed by atoms with Crippen LogP contribution in [0.15, 0.2) is 48.5 Å². The Bertz CT molecular complexity index is 586. The van der Waals surface area contributed by atoms with Gasteiger partial charge in [-0.25, -0.2) is 0 Å². The van der Waals surface area contributed by atoms with Crippen molar-refractivity contribution in [3.63, 3.8) is 0 Å². The molecule has 0 atom stereocenters. The molecule has 0 heterocycles. The maximum absolute atomic E-state index is 8.78. The first-order valence-electron chi connectivity index (χ1n) is 9.71. The molecule has 0 fully saturated rings. The first kappa shape index (κ1) is 17.2. The third-order valence-electron chi connectivity index (χ3n) is 5.36. The van der Waals surface area contributed by atoms with Crippen LogP contribution < -0.4 is 0 Å². The van der Waals surface area contributed by atoms with E-state index in [-0.39, 0.29) is 0 Å². The first-order valence-corrected chi connectivity index (χ1v) is 9.71. The zero-order valence-corrected chi connectivity index (χ0v) is 14.7. The first-order chi connectivity index (χ1) is 11.9. The minimum Gasteiger partial charge on any atom is -0.396 e. The van der Waals surface area contributed by atoms with Crippen molar-refractivity contribution in [3.05, 3.63) is 59.7 Å². The van der Waals surface area contributed by atoms with Crippen molar-refractivity contribution in [2.24, 2.45) is 0 Å². The standard InChI is InChI=1S/C23H30O/c24-18-12-6-4-2-1-3-5-7-13-19-20-14-8-10-16-22(20)23-17-11-9-15-21(19)23/h8-11,14-17,19,24H,1-7,12-13,18H2. The third-order valence-corrected chi connectivity index (χ3v) is 5.36. The van der Waals surface area contributed by atoms with E-state index in [0.717, 1.165) is 6.42 Å². The zero-order chi connectivity index (χ0) is 16.6.